The molecule has 30 heavy (non-hydrogen) atoms. The van der Waals surface area contributed by atoms with Crippen LogP contribution >= 0.6 is 0 Å². The van der Waals surface area contributed by atoms with Crippen molar-refractivity contribution in [3.63, 3.8) is 0 Å². The fraction of sp³-hybridized carbons (Fsp3) is 0.238. The number of hydrogen-bond donors (Lipinski definition) is 1. The highest BCUT2D eigenvalue weighted by atomic mass is 16.5. The number of nitrogens with zero attached hydrogens (tertiary/aromatic N) is 1. The summed E-state index contributed by atoms with van der Waals surface area (Å²) in [4.78, 5) is 50.0. The molecule has 9 nitrogen and oxygen atoms in total. The van der Waals surface area contributed by atoms with Gasteiger partial charge in [-0.15, -0.1) is 0 Å². The van der Waals surface area contributed by atoms with Gasteiger partial charge in [0.2, 0.25) is 5.91 Å². The van der Waals surface area contributed by atoms with Crippen molar-refractivity contribution in [1.82, 2.24) is 5.32 Å². The molecular formula is C21H20N2O7. The van der Waals surface area contributed by atoms with Crippen molar-refractivity contribution >= 4 is 29.4 Å². The number of carbonyl (C=O) groups excluding carboxylic acids is 4. The van der Waals surface area contributed by atoms with Gasteiger partial charge in [0.05, 0.1) is 31.4 Å². The smallest absolute Gasteiger partial charge is 0.326 e. The molecule has 1 heterocycles. The first kappa shape index (κ1) is 20.8. The molecule has 0 saturated carbocycles. The summed E-state index contributed by atoms with van der Waals surface area (Å²) < 4.78 is 15.5. The largest absolute Gasteiger partial charge is 0.496 e. The van der Waals surface area contributed by atoms with Crippen molar-refractivity contribution < 1.29 is 33.4 Å². The Morgan fingerprint density at radius 1 is 1.10 bits per heavy atom. The maximum absolute atomic E-state index is 12.3. The number of hydrogen-bond acceptors (Lipinski definition) is 7. The fourth-order valence-corrected chi connectivity index (χ4v) is 2.88. The number of anilines is 1. The SMILES string of the molecule is COc1ccccc1C(=O)NC(=O)COC(=O)CN1C(=O)CCOc2ccccc21. The van der Waals surface area contributed by atoms with Crippen molar-refractivity contribution in [2.45, 2.75) is 6.42 Å². The summed E-state index contributed by atoms with van der Waals surface area (Å²) in [6.07, 6.45) is 0.107. The second-order valence-electron chi connectivity index (χ2n) is 6.28. The third kappa shape index (κ3) is 4.93. The van der Waals surface area contributed by atoms with Gasteiger partial charge in [-0.25, -0.2) is 0 Å². The Morgan fingerprint density at radius 3 is 2.63 bits per heavy atom. The maximum Gasteiger partial charge on any atom is 0.326 e. The number of ether oxygens (including phenoxy) is 3. The average molecular weight is 412 g/mol. The summed E-state index contributed by atoms with van der Waals surface area (Å²) in [5.41, 5.74) is 0.624. The lowest BCUT2D eigenvalue weighted by Gasteiger charge is -2.20. The lowest BCUT2D eigenvalue weighted by atomic mass is 10.2. The normalized spacial score (nSPS) is 12.8. The van der Waals surface area contributed by atoms with Gasteiger partial charge in [0.1, 0.15) is 18.0 Å². The Bertz CT molecular complexity index is 973. The number of benzene rings is 2. The van der Waals surface area contributed by atoms with Gasteiger partial charge in [-0.2, -0.15) is 0 Å². The Morgan fingerprint density at radius 2 is 1.83 bits per heavy atom. The molecule has 0 radical (unpaired) electrons. The van der Waals surface area contributed by atoms with Gasteiger partial charge in [-0.1, -0.05) is 24.3 Å². The van der Waals surface area contributed by atoms with E-state index in [0.717, 1.165) is 0 Å². The fourth-order valence-electron chi connectivity index (χ4n) is 2.88. The summed E-state index contributed by atoms with van der Waals surface area (Å²) in [5, 5.41) is 2.13. The molecule has 1 aliphatic rings. The molecule has 0 atom stereocenters. The third-order valence-electron chi connectivity index (χ3n) is 4.29. The Balaban J connectivity index is 1.56. The van der Waals surface area contributed by atoms with E-state index in [-0.39, 0.29) is 31.0 Å². The molecule has 1 aliphatic heterocycles. The average Bonchev–Trinajstić information content (AvgIpc) is 2.91. The molecule has 0 unspecified atom stereocenters. The second kappa shape index (κ2) is 9.55. The standard InChI is InChI=1S/C21H20N2O7/c1-28-16-8-4-2-6-14(16)21(27)22-18(24)13-30-20(26)12-23-15-7-3-5-9-17(15)29-11-10-19(23)25/h2-9H,10-13H2,1H3,(H,22,24,27). The number of para-hydroxylation sites is 3. The van der Waals surface area contributed by atoms with Gasteiger partial charge in [0.15, 0.2) is 6.61 Å². The highest BCUT2D eigenvalue weighted by Crippen LogP contribution is 2.30. The zero-order valence-corrected chi connectivity index (χ0v) is 16.3. The van der Waals surface area contributed by atoms with E-state index < -0.39 is 24.4 Å². The zero-order chi connectivity index (χ0) is 21.5. The molecule has 2 aromatic carbocycles. The molecule has 0 saturated heterocycles. The van der Waals surface area contributed by atoms with Crippen LogP contribution in [0.4, 0.5) is 5.69 Å². The van der Waals surface area contributed by atoms with Crippen LogP contribution in [0.3, 0.4) is 0 Å². The molecule has 3 amide bonds. The number of methoxy groups -OCH3 is 1. The van der Waals surface area contributed by atoms with E-state index in [0.29, 0.717) is 17.2 Å². The number of carbonyl (C=O) groups is 4. The third-order valence-corrected chi connectivity index (χ3v) is 4.29. The number of amides is 3. The van der Waals surface area contributed by atoms with Crippen LogP contribution in [0, 0.1) is 0 Å². The van der Waals surface area contributed by atoms with Crippen LogP contribution < -0.4 is 19.7 Å². The predicted octanol–water partition coefficient (Wildman–Crippen LogP) is 1.31. The number of esters is 1. The van der Waals surface area contributed by atoms with Crippen LogP contribution in [0.5, 0.6) is 11.5 Å². The highest BCUT2D eigenvalue weighted by Gasteiger charge is 2.26. The molecule has 1 N–H and O–H groups in total. The van der Waals surface area contributed by atoms with Crippen molar-refractivity contribution in [2.24, 2.45) is 0 Å². The van der Waals surface area contributed by atoms with Crippen molar-refractivity contribution in [3.8, 4) is 11.5 Å². The van der Waals surface area contributed by atoms with E-state index in [9.17, 15) is 19.2 Å². The molecule has 156 valence electrons. The van der Waals surface area contributed by atoms with Gasteiger partial charge >= 0.3 is 5.97 Å². The summed E-state index contributed by atoms with van der Waals surface area (Å²) in [6.45, 7) is -0.846. The molecule has 0 aliphatic carbocycles. The molecule has 3 rings (SSSR count). The van der Waals surface area contributed by atoms with E-state index in [4.69, 9.17) is 14.2 Å². The first-order valence-corrected chi connectivity index (χ1v) is 9.14. The summed E-state index contributed by atoms with van der Waals surface area (Å²) in [5.74, 6) is -1.78. The van der Waals surface area contributed by atoms with Gasteiger partial charge in [0.25, 0.3) is 11.8 Å². The molecule has 9 heteroatoms. The monoisotopic (exact) mass is 412 g/mol. The second-order valence-corrected chi connectivity index (χ2v) is 6.28. The summed E-state index contributed by atoms with van der Waals surface area (Å²) >= 11 is 0. The topological polar surface area (TPSA) is 111 Å². The van der Waals surface area contributed by atoms with Gasteiger partial charge in [-0.05, 0) is 24.3 Å². The first-order chi connectivity index (χ1) is 14.5. The van der Waals surface area contributed by atoms with Crippen molar-refractivity contribution in [1.29, 1.82) is 0 Å². The van der Waals surface area contributed by atoms with Crippen LogP contribution in [-0.4, -0.2) is 50.6 Å². The van der Waals surface area contributed by atoms with Crippen LogP contribution in [0.25, 0.3) is 0 Å². The van der Waals surface area contributed by atoms with Crippen LogP contribution in [0.15, 0.2) is 48.5 Å². The molecule has 0 fully saturated rings. The van der Waals surface area contributed by atoms with E-state index in [1.807, 2.05) is 0 Å². The van der Waals surface area contributed by atoms with Crippen LogP contribution in [0.2, 0.25) is 0 Å². The Labute approximate surface area is 172 Å². The van der Waals surface area contributed by atoms with Gasteiger partial charge < -0.3 is 14.2 Å². The first-order valence-electron chi connectivity index (χ1n) is 9.14. The summed E-state index contributed by atoms with van der Waals surface area (Å²) in [6, 6.07) is 13.2. The Kier molecular flexibility index (Phi) is 6.63. The quantitative estimate of drug-likeness (QED) is 0.712. The minimum atomic E-state index is -0.801. The van der Waals surface area contributed by atoms with Crippen LogP contribution in [0.1, 0.15) is 16.8 Å². The number of rotatable bonds is 6. The molecule has 2 aromatic rings. The minimum absolute atomic E-state index is 0.107. The van der Waals surface area contributed by atoms with E-state index in [2.05, 4.69) is 5.32 Å². The van der Waals surface area contributed by atoms with Crippen LogP contribution in [-0.2, 0) is 19.1 Å². The predicted molar refractivity (Wildman–Crippen MR) is 105 cm³/mol. The Hall–Kier alpha value is -3.88. The van der Waals surface area contributed by atoms with Crippen molar-refractivity contribution in [2.75, 3.05) is 31.8 Å². The van der Waals surface area contributed by atoms with E-state index >= 15 is 0 Å². The zero-order valence-electron chi connectivity index (χ0n) is 16.3. The lowest BCUT2D eigenvalue weighted by Crippen LogP contribution is -2.38. The molecule has 0 aromatic heterocycles. The minimum Gasteiger partial charge on any atom is -0.496 e. The van der Waals surface area contributed by atoms with Gasteiger partial charge in [-0.3, -0.25) is 29.4 Å². The number of imide groups is 1. The molecule has 0 bridgehead atoms. The van der Waals surface area contributed by atoms with E-state index in [1.54, 1.807) is 42.5 Å². The molecular weight excluding hydrogens is 392 g/mol. The van der Waals surface area contributed by atoms with Crippen molar-refractivity contribution in [3.05, 3.63) is 54.1 Å². The number of nitrogens with one attached hydrogen (secondary N) is 1. The van der Waals surface area contributed by atoms with E-state index in [1.165, 1.54) is 18.1 Å². The summed E-state index contributed by atoms with van der Waals surface area (Å²) in [7, 11) is 1.41. The highest BCUT2D eigenvalue weighted by molar-refractivity contribution is 6.07. The number of fused-ring (bicyclic) bond motifs is 1. The lowest BCUT2D eigenvalue weighted by molar-refractivity contribution is -0.147. The molecule has 0 spiro atoms. The van der Waals surface area contributed by atoms with Gasteiger partial charge in [0, 0.05) is 0 Å². The maximum atomic E-state index is 12.3.